The molecule has 1 rings (SSSR count). The van der Waals surface area contributed by atoms with Crippen LogP contribution >= 0.6 is 0 Å². The molecule has 1 aromatic carbocycles. The maximum absolute atomic E-state index is 10.4. The zero-order valence-electron chi connectivity index (χ0n) is 7.16. The van der Waals surface area contributed by atoms with Gasteiger partial charge in [0.15, 0.2) is 0 Å². The first-order valence-electron chi connectivity index (χ1n) is 3.82. The van der Waals surface area contributed by atoms with Gasteiger partial charge in [-0.05, 0) is 11.1 Å². The molecule has 1 atom stereocenters. The van der Waals surface area contributed by atoms with E-state index >= 15 is 0 Å². The van der Waals surface area contributed by atoms with Gasteiger partial charge < -0.3 is 10.4 Å². The molecule has 0 aliphatic carbocycles. The molecule has 6 heteroatoms. The van der Waals surface area contributed by atoms with E-state index in [0.29, 0.717) is 5.56 Å². The van der Waals surface area contributed by atoms with E-state index in [0.717, 1.165) is 0 Å². The van der Waals surface area contributed by atoms with Crippen LogP contribution in [-0.4, -0.2) is 11.2 Å². The second-order valence-electron chi connectivity index (χ2n) is 2.47. The Morgan fingerprint density at radius 2 is 2.14 bits per heavy atom. The van der Waals surface area contributed by atoms with Crippen LogP contribution in [0.5, 0.6) is 0 Å². The van der Waals surface area contributed by atoms with Crippen LogP contribution in [0.4, 0.5) is 4.79 Å². The molecule has 6 nitrogen and oxygen atoms in total. The van der Waals surface area contributed by atoms with Gasteiger partial charge in [0.05, 0.1) is 0 Å². The maximum atomic E-state index is 10.4. The topological polar surface area (TPSA) is 98.1 Å². The molecule has 14 heavy (non-hydrogen) atoms. The highest BCUT2D eigenvalue weighted by atomic mass is 16.4. The molecule has 72 valence electrons. The van der Waals surface area contributed by atoms with E-state index in [-0.39, 0.29) is 0 Å². The molecule has 1 aromatic rings. The van der Waals surface area contributed by atoms with Gasteiger partial charge in [0, 0.05) is 4.91 Å². The number of hydrogen-bond donors (Lipinski definition) is 2. The molecule has 1 unspecified atom stereocenters. The van der Waals surface area contributed by atoms with E-state index in [4.69, 9.17) is 10.6 Å². The third-order valence-corrected chi connectivity index (χ3v) is 1.54. The Bertz CT molecular complexity index is 359. The Labute approximate surface area is 79.8 Å². The molecule has 0 spiro atoms. The molecule has 0 aliphatic rings. The summed E-state index contributed by atoms with van der Waals surface area (Å²) in [5.41, 5.74) is 8.84. The van der Waals surface area contributed by atoms with Crippen molar-refractivity contribution < 1.29 is 9.90 Å². The first kappa shape index (κ1) is 9.88. The summed E-state index contributed by atoms with van der Waals surface area (Å²) >= 11 is 0. The van der Waals surface area contributed by atoms with Crippen molar-refractivity contribution >= 4 is 6.09 Å². The van der Waals surface area contributed by atoms with Crippen molar-refractivity contribution in [3.05, 3.63) is 46.3 Å². The van der Waals surface area contributed by atoms with E-state index in [1.165, 1.54) is 0 Å². The van der Waals surface area contributed by atoms with E-state index < -0.39 is 12.3 Å². The predicted molar refractivity (Wildman–Crippen MR) is 49.5 cm³/mol. The number of carboxylic acid groups (broad SMARTS) is 1. The third-order valence-electron chi connectivity index (χ3n) is 1.54. The lowest BCUT2D eigenvalue weighted by Crippen LogP contribution is -2.24. The SMILES string of the molecule is [N-]=[N+]=NC(NC(=O)O)c1ccccc1. The van der Waals surface area contributed by atoms with Gasteiger partial charge in [0.25, 0.3) is 0 Å². The molecule has 0 radical (unpaired) electrons. The van der Waals surface area contributed by atoms with E-state index in [2.05, 4.69) is 15.3 Å². The minimum absolute atomic E-state index is 0.604. The average Bonchev–Trinajstić information content (AvgIpc) is 2.18. The smallest absolute Gasteiger partial charge is 0.405 e. The molecule has 0 heterocycles. The summed E-state index contributed by atoms with van der Waals surface area (Å²) in [6.45, 7) is 0. The van der Waals surface area contributed by atoms with Gasteiger partial charge in [0.1, 0.15) is 6.17 Å². The van der Waals surface area contributed by atoms with Gasteiger partial charge >= 0.3 is 6.09 Å². The Kier molecular flexibility index (Phi) is 3.34. The Morgan fingerprint density at radius 1 is 1.50 bits per heavy atom. The van der Waals surface area contributed by atoms with Gasteiger partial charge in [-0.2, -0.15) is 0 Å². The Hall–Kier alpha value is -2.20. The number of amides is 1. The van der Waals surface area contributed by atoms with Crippen molar-refractivity contribution in [3.63, 3.8) is 0 Å². The van der Waals surface area contributed by atoms with Crippen LogP contribution < -0.4 is 5.32 Å². The molecule has 0 aromatic heterocycles. The zero-order valence-corrected chi connectivity index (χ0v) is 7.16. The second kappa shape index (κ2) is 4.74. The van der Waals surface area contributed by atoms with E-state index in [1.54, 1.807) is 30.3 Å². The fourth-order valence-corrected chi connectivity index (χ4v) is 0.983. The highest BCUT2D eigenvalue weighted by Gasteiger charge is 2.10. The molecular weight excluding hydrogens is 184 g/mol. The van der Waals surface area contributed by atoms with E-state index in [1.807, 2.05) is 0 Å². The minimum Gasteiger partial charge on any atom is -0.465 e. The van der Waals surface area contributed by atoms with Crippen molar-refractivity contribution in [2.75, 3.05) is 0 Å². The predicted octanol–water partition coefficient (Wildman–Crippen LogP) is 2.26. The van der Waals surface area contributed by atoms with Crippen molar-refractivity contribution in [2.45, 2.75) is 6.17 Å². The monoisotopic (exact) mass is 192 g/mol. The third kappa shape index (κ3) is 2.69. The number of nitrogens with one attached hydrogen (secondary N) is 1. The molecule has 0 bridgehead atoms. The van der Waals surface area contributed by atoms with Gasteiger partial charge in [-0.25, -0.2) is 4.79 Å². The van der Waals surface area contributed by atoms with Crippen molar-refractivity contribution in [1.29, 1.82) is 0 Å². The van der Waals surface area contributed by atoms with Crippen LogP contribution in [0, 0.1) is 0 Å². The quantitative estimate of drug-likeness (QED) is 0.436. The van der Waals surface area contributed by atoms with Crippen LogP contribution in [0.15, 0.2) is 35.4 Å². The molecule has 2 N–H and O–H groups in total. The molecular formula is C8H8N4O2. The summed E-state index contributed by atoms with van der Waals surface area (Å²) < 4.78 is 0. The number of benzene rings is 1. The van der Waals surface area contributed by atoms with Crippen LogP contribution in [0.3, 0.4) is 0 Å². The van der Waals surface area contributed by atoms with Gasteiger partial charge in [-0.15, -0.1) is 0 Å². The second-order valence-corrected chi connectivity index (χ2v) is 2.47. The fourth-order valence-electron chi connectivity index (χ4n) is 0.983. The summed E-state index contributed by atoms with van der Waals surface area (Å²) in [5.74, 6) is 0. The van der Waals surface area contributed by atoms with Crippen molar-refractivity contribution in [1.82, 2.24) is 5.32 Å². The van der Waals surface area contributed by atoms with Crippen molar-refractivity contribution in [3.8, 4) is 0 Å². The summed E-state index contributed by atoms with van der Waals surface area (Å²) in [6.07, 6.45) is -2.11. The maximum Gasteiger partial charge on any atom is 0.405 e. The molecule has 0 saturated carbocycles. The zero-order chi connectivity index (χ0) is 10.4. The number of rotatable bonds is 3. The fraction of sp³-hybridized carbons (Fsp3) is 0.125. The first-order valence-corrected chi connectivity index (χ1v) is 3.82. The van der Waals surface area contributed by atoms with Crippen LogP contribution in [0.1, 0.15) is 11.7 Å². The summed E-state index contributed by atoms with van der Waals surface area (Å²) in [6, 6.07) is 8.61. The molecule has 0 fully saturated rings. The number of hydrogen-bond acceptors (Lipinski definition) is 2. The highest BCUT2D eigenvalue weighted by Crippen LogP contribution is 2.13. The lowest BCUT2D eigenvalue weighted by atomic mass is 10.2. The first-order chi connectivity index (χ1) is 6.74. The van der Waals surface area contributed by atoms with Crippen LogP contribution in [0.2, 0.25) is 0 Å². The summed E-state index contributed by atoms with van der Waals surface area (Å²) in [4.78, 5) is 12.9. The molecule has 0 saturated heterocycles. The molecule has 1 amide bonds. The normalized spacial score (nSPS) is 11.1. The average molecular weight is 192 g/mol. The summed E-state index contributed by atoms with van der Waals surface area (Å²) in [7, 11) is 0. The molecule has 0 aliphatic heterocycles. The van der Waals surface area contributed by atoms with Crippen molar-refractivity contribution in [2.24, 2.45) is 5.11 Å². The standard InChI is InChI=1S/C8H8N4O2/c9-12-11-7(10-8(13)14)6-4-2-1-3-5-6/h1-5,7,10H,(H,13,14). The van der Waals surface area contributed by atoms with Gasteiger partial charge in [-0.1, -0.05) is 35.4 Å². The van der Waals surface area contributed by atoms with Crippen LogP contribution in [0.25, 0.3) is 10.4 Å². The van der Waals surface area contributed by atoms with Crippen LogP contribution in [-0.2, 0) is 0 Å². The number of nitrogens with zero attached hydrogens (tertiary/aromatic N) is 3. The number of carbonyl (C=O) groups is 1. The highest BCUT2D eigenvalue weighted by molar-refractivity contribution is 5.65. The summed E-state index contributed by atoms with van der Waals surface area (Å²) in [5, 5.41) is 13.9. The Balaban J connectivity index is 2.88. The van der Waals surface area contributed by atoms with Gasteiger partial charge in [0.2, 0.25) is 0 Å². The largest absolute Gasteiger partial charge is 0.465 e. The van der Waals surface area contributed by atoms with E-state index in [9.17, 15) is 4.79 Å². The lowest BCUT2D eigenvalue weighted by molar-refractivity contribution is 0.190. The van der Waals surface area contributed by atoms with Gasteiger partial charge in [-0.3, -0.25) is 0 Å². The Morgan fingerprint density at radius 3 is 2.64 bits per heavy atom. The number of azide groups is 1. The lowest BCUT2D eigenvalue weighted by Gasteiger charge is -2.10. The minimum atomic E-state index is -1.23.